The fourth-order valence-corrected chi connectivity index (χ4v) is 7.07. The number of ether oxygens (including phenoxy) is 1. The molecule has 9 nitrogen and oxygen atoms in total. The van der Waals surface area contributed by atoms with Crippen LogP contribution in [0.15, 0.2) is 36.8 Å². The summed E-state index contributed by atoms with van der Waals surface area (Å²) in [7, 11) is 0. The normalized spacial score (nSPS) is 21.7. The van der Waals surface area contributed by atoms with E-state index in [1.54, 1.807) is 12.1 Å². The molecule has 0 saturated carbocycles. The molecule has 1 N–H and O–H groups in total. The molecule has 3 fully saturated rings. The molecule has 4 aromatic rings. The summed E-state index contributed by atoms with van der Waals surface area (Å²) in [4.78, 5) is 22.7. The Morgan fingerprint density at radius 1 is 0.930 bits per heavy atom. The number of imidazole rings is 1. The van der Waals surface area contributed by atoms with Gasteiger partial charge >= 0.3 is 0 Å². The maximum atomic E-state index is 15.0. The van der Waals surface area contributed by atoms with Crippen LogP contribution in [0, 0.1) is 18.6 Å². The number of nitrogens with zero attached hydrogens (tertiary/aromatic N) is 7. The zero-order valence-corrected chi connectivity index (χ0v) is 24.9. The van der Waals surface area contributed by atoms with E-state index in [0.717, 1.165) is 44.5 Å². The van der Waals surface area contributed by atoms with Crippen LogP contribution in [0.1, 0.15) is 57.0 Å². The van der Waals surface area contributed by atoms with Gasteiger partial charge in [0, 0.05) is 55.2 Å². The van der Waals surface area contributed by atoms with E-state index in [0.29, 0.717) is 46.9 Å². The summed E-state index contributed by atoms with van der Waals surface area (Å²) in [6.45, 7) is 11.0. The van der Waals surface area contributed by atoms with E-state index in [9.17, 15) is 4.39 Å². The molecular weight excluding hydrogens is 550 g/mol. The number of nitrogens with one attached hydrogen (secondary N) is 1. The van der Waals surface area contributed by atoms with Gasteiger partial charge < -0.3 is 14.6 Å². The van der Waals surface area contributed by atoms with Crippen molar-refractivity contribution >= 4 is 22.8 Å². The van der Waals surface area contributed by atoms with Gasteiger partial charge in [-0.15, -0.1) is 0 Å². The predicted molar refractivity (Wildman–Crippen MR) is 161 cm³/mol. The van der Waals surface area contributed by atoms with Crippen molar-refractivity contribution in [3.05, 3.63) is 59.8 Å². The van der Waals surface area contributed by atoms with E-state index in [1.165, 1.54) is 31.7 Å². The molecular formula is C32H38F2N8O. The van der Waals surface area contributed by atoms with Crippen LogP contribution in [0.4, 0.5) is 20.5 Å². The first-order chi connectivity index (χ1) is 20.8. The van der Waals surface area contributed by atoms with Crippen LogP contribution in [0.5, 0.6) is 0 Å². The number of hydrogen-bond donors (Lipinski definition) is 1. The van der Waals surface area contributed by atoms with Crippen LogP contribution < -0.4 is 5.32 Å². The Balaban J connectivity index is 1.00. The highest BCUT2D eigenvalue weighted by Crippen LogP contribution is 2.33. The molecule has 1 aromatic carbocycles. The number of pyridine rings is 1. The number of benzene rings is 1. The van der Waals surface area contributed by atoms with Gasteiger partial charge in [-0.05, 0) is 83.3 Å². The van der Waals surface area contributed by atoms with Gasteiger partial charge in [-0.1, -0.05) is 0 Å². The van der Waals surface area contributed by atoms with Gasteiger partial charge in [0.15, 0.2) is 5.82 Å². The zero-order valence-electron chi connectivity index (χ0n) is 24.9. The Morgan fingerprint density at radius 2 is 1.65 bits per heavy atom. The number of halogens is 2. The molecule has 7 rings (SSSR count). The summed E-state index contributed by atoms with van der Waals surface area (Å²) in [6, 6.07) is 5.38. The van der Waals surface area contributed by atoms with Crippen molar-refractivity contribution < 1.29 is 13.5 Å². The summed E-state index contributed by atoms with van der Waals surface area (Å²) in [5.74, 6) is 0.416. The first kappa shape index (κ1) is 28.2. The van der Waals surface area contributed by atoms with Gasteiger partial charge in [-0.2, -0.15) is 0 Å². The molecule has 6 heterocycles. The highest BCUT2D eigenvalue weighted by molar-refractivity contribution is 5.84. The van der Waals surface area contributed by atoms with Crippen molar-refractivity contribution in [3.63, 3.8) is 0 Å². The van der Waals surface area contributed by atoms with Crippen molar-refractivity contribution in [3.8, 4) is 11.1 Å². The Labute approximate surface area is 250 Å². The molecule has 2 unspecified atom stereocenters. The Bertz CT molecular complexity index is 1600. The zero-order chi connectivity index (χ0) is 29.7. The van der Waals surface area contributed by atoms with Crippen LogP contribution in [0.25, 0.3) is 22.2 Å². The highest BCUT2D eigenvalue weighted by Gasteiger charge is 2.37. The van der Waals surface area contributed by atoms with Crippen LogP contribution in [0.2, 0.25) is 0 Å². The van der Waals surface area contributed by atoms with Gasteiger partial charge in [-0.25, -0.2) is 28.7 Å². The first-order valence-corrected chi connectivity index (χ1v) is 15.3. The summed E-state index contributed by atoms with van der Waals surface area (Å²) < 4.78 is 38.0. The maximum Gasteiger partial charge on any atom is 0.228 e. The number of anilines is 2. The van der Waals surface area contributed by atoms with E-state index in [2.05, 4.69) is 35.1 Å². The second-order valence-corrected chi connectivity index (χ2v) is 12.5. The van der Waals surface area contributed by atoms with Crippen molar-refractivity contribution in [2.75, 3.05) is 31.5 Å². The summed E-state index contributed by atoms with van der Waals surface area (Å²) in [5.41, 5.74) is 2.60. The number of likely N-dealkylation sites (tertiary alicyclic amines) is 2. The molecule has 0 radical (unpaired) electrons. The van der Waals surface area contributed by atoms with Crippen molar-refractivity contribution in [2.45, 2.75) is 77.3 Å². The molecule has 226 valence electrons. The number of fused-ring (bicyclic) bond motifs is 3. The topological polar surface area (TPSA) is 84.2 Å². The number of aryl methyl sites for hydroxylation is 1. The Morgan fingerprint density at radius 3 is 2.35 bits per heavy atom. The molecule has 11 heteroatoms. The van der Waals surface area contributed by atoms with Gasteiger partial charge in [0.2, 0.25) is 5.95 Å². The van der Waals surface area contributed by atoms with E-state index in [4.69, 9.17) is 4.74 Å². The predicted octanol–water partition coefficient (Wildman–Crippen LogP) is 5.63. The average Bonchev–Trinajstić information content (AvgIpc) is 3.52. The minimum Gasteiger partial charge on any atom is -0.372 e. The third kappa shape index (κ3) is 5.73. The monoisotopic (exact) mass is 588 g/mol. The van der Waals surface area contributed by atoms with Crippen LogP contribution in [-0.2, 0) is 11.3 Å². The Kier molecular flexibility index (Phi) is 7.56. The quantitative estimate of drug-likeness (QED) is 0.298. The molecule has 0 spiro atoms. The number of rotatable bonds is 7. The smallest absolute Gasteiger partial charge is 0.228 e. The summed E-state index contributed by atoms with van der Waals surface area (Å²) >= 11 is 0. The number of hydrogen-bond acceptors (Lipinski definition) is 8. The number of piperidine rings is 1. The van der Waals surface area contributed by atoms with Crippen LogP contribution in [-0.4, -0.2) is 78.7 Å². The molecule has 3 aromatic heterocycles. The largest absolute Gasteiger partial charge is 0.372 e. The van der Waals surface area contributed by atoms with Gasteiger partial charge in [0.1, 0.15) is 23.0 Å². The molecule has 3 saturated heterocycles. The van der Waals surface area contributed by atoms with E-state index >= 15 is 4.39 Å². The maximum absolute atomic E-state index is 15.0. The number of morpholine rings is 1. The molecule has 0 amide bonds. The highest BCUT2D eigenvalue weighted by atomic mass is 19.1. The summed E-state index contributed by atoms with van der Waals surface area (Å²) in [6.07, 6.45) is 10.4. The van der Waals surface area contributed by atoms with Crippen LogP contribution >= 0.6 is 0 Å². The minimum atomic E-state index is -0.544. The van der Waals surface area contributed by atoms with Gasteiger partial charge in [0.25, 0.3) is 0 Å². The van der Waals surface area contributed by atoms with Crippen molar-refractivity contribution in [1.29, 1.82) is 0 Å². The lowest BCUT2D eigenvalue weighted by Crippen LogP contribution is -2.51. The lowest BCUT2D eigenvalue weighted by Gasteiger charge is -2.42. The van der Waals surface area contributed by atoms with E-state index in [1.807, 2.05) is 37.7 Å². The third-order valence-electron chi connectivity index (χ3n) is 9.10. The summed E-state index contributed by atoms with van der Waals surface area (Å²) in [5, 5.41) is 3.07. The average molecular weight is 589 g/mol. The Hall–Kier alpha value is -3.54. The van der Waals surface area contributed by atoms with E-state index in [-0.39, 0.29) is 17.1 Å². The minimum absolute atomic E-state index is 0.0799. The molecule has 43 heavy (non-hydrogen) atoms. The third-order valence-corrected chi connectivity index (χ3v) is 9.10. The molecule has 2 bridgehead atoms. The molecule has 3 aliphatic heterocycles. The van der Waals surface area contributed by atoms with E-state index < -0.39 is 11.6 Å². The lowest BCUT2D eigenvalue weighted by molar-refractivity contribution is -0.0608. The van der Waals surface area contributed by atoms with Crippen LogP contribution in [0.3, 0.4) is 0 Å². The molecule has 3 aliphatic rings. The lowest BCUT2D eigenvalue weighted by atomic mass is 10.0. The second kappa shape index (κ2) is 11.5. The van der Waals surface area contributed by atoms with Gasteiger partial charge in [-0.3, -0.25) is 9.80 Å². The standard InChI is InChI=1S/C32H38F2N8O/c1-19(2)42-20(3)38-31-27(33)10-22(11-29(31)42)26-12-30(35-15-28(26)34)39-32-36-13-21(14-37-32)16-40-8-6-23(7-9-40)41-17-24-4-5-25(18-41)43-24/h10-15,19,23-25H,4-9,16-18H2,1-3H3,(H,35,36,37,39). The first-order valence-electron chi connectivity index (χ1n) is 15.3. The fraction of sp³-hybridized carbons (Fsp3) is 0.500. The SMILES string of the molecule is Cc1nc2c(F)cc(-c3cc(Nc4ncc(CN5CCC(N6CC7CCC(C6)O7)CC5)cn4)ncc3F)cc2n1C(C)C. The number of aromatic nitrogens is 5. The molecule has 2 atom stereocenters. The molecule has 0 aliphatic carbocycles. The second-order valence-electron chi connectivity index (χ2n) is 12.5. The van der Waals surface area contributed by atoms with Gasteiger partial charge in [0.05, 0.1) is 23.9 Å². The van der Waals surface area contributed by atoms with Crippen molar-refractivity contribution in [1.82, 2.24) is 34.3 Å². The fourth-order valence-electron chi connectivity index (χ4n) is 7.07. The van der Waals surface area contributed by atoms with Crippen molar-refractivity contribution in [2.24, 2.45) is 0 Å².